The molecule has 1 atom stereocenters. The lowest BCUT2D eigenvalue weighted by atomic mass is 10.2. The van der Waals surface area contributed by atoms with E-state index in [4.69, 9.17) is 9.47 Å². The molecule has 4 rings (SSSR count). The molecule has 1 unspecified atom stereocenters. The number of benzene rings is 2. The van der Waals surface area contributed by atoms with Gasteiger partial charge in [-0.3, -0.25) is 4.79 Å². The number of nitrogens with one attached hydrogen (secondary N) is 1. The number of aromatic nitrogens is 3. The third kappa shape index (κ3) is 4.88. The average Bonchev–Trinajstić information content (AvgIpc) is 3.15. The molecule has 1 amide bonds. The van der Waals surface area contributed by atoms with E-state index in [1.54, 1.807) is 43.3 Å². The van der Waals surface area contributed by atoms with Gasteiger partial charge in [0.2, 0.25) is 5.91 Å². The molecule has 7 nitrogen and oxygen atoms in total. The van der Waals surface area contributed by atoms with E-state index < -0.39 is 5.25 Å². The normalized spacial score (nSPS) is 13.8. The molecular weight excluding hydrogens is 431 g/mol. The third-order valence-corrected chi connectivity index (χ3v) is 5.92. The van der Waals surface area contributed by atoms with E-state index >= 15 is 0 Å². The Bertz CT molecular complexity index is 1120. The second-order valence-electron chi connectivity index (χ2n) is 7.90. The van der Waals surface area contributed by atoms with Gasteiger partial charge in [0.05, 0.1) is 10.8 Å². The fourth-order valence-corrected chi connectivity index (χ4v) is 4.18. The monoisotopic (exact) mass is 456 g/mol. The Hall–Kier alpha value is -3.07. The second-order valence-corrected chi connectivity index (χ2v) is 9.21. The minimum atomic E-state index is -0.452. The molecule has 0 radical (unpaired) electrons. The summed E-state index contributed by atoms with van der Waals surface area (Å²) in [6.07, 6.45) is 0. The number of amides is 1. The highest BCUT2D eigenvalue weighted by Gasteiger charge is 2.23. The zero-order chi connectivity index (χ0) is 22.7. The largest absolute Gasteiger partial charge is 0.486 e. The molecule has 2 heterocycles. The summed E-state index contributed by atoms with van der Waals surface area (Å²) in [5.74, 6) is 1.49. The molecule has 0 fully saturated rings. The van der Waals surface area contributed by atoms with E-state index in [0.717, 1.165) is 0 Å². The Morgan fingerprint density at radius 3 is 2.62 bits per heavy atom. The molecule has 3 aromatic rings. The van der Waals surface area contributed by atoms with Crippen LogP contribution in [-0.2, 0) is 11.3 Å². The first kappa shape index (κ1) is 22.1. The first-order chi connectivity index (χ1) is 15.4. The molecule has 168 valence electrons. The highest BCUT2D eigenvalue weighted by Crippen LogP contribution is 2.33. The van der Waals surface area contributed by atoms with Crippen molar-refractivity contribution in [1.29, 1.82) is 0 Å². The summed E-state index contributed by atoms with van der Waals surface area (Å²) in [7, 11) is 0. The van der Waals surface area contributed by atoms with Gasteiger partial charge < -0.3 is 19.4 Å². The number of hydrogen-bond donors (Lipinski definition) is 1. The van der Waals surface area contributed by atoms with E-state index in [1.165, 1.54) is 17.8 Å². The predicted octanol–water partition coefficient (Wildman–Crippen LogP) is 4.63. The number of anilines is 1. The van der Waals surface area contributed by atoms with Crippen LogP contribution in [-0.4, -0.2) is 39.1 Å². The van der Waals surface area contributed by atoms with Gasteiger partial charge >= 0.3 is 0 Å². The number of rotatable bonds is 7. The van der Waals surface area contributed by atoms with E-state index in [9.17, 15) is 9.18 Å². The minimum Gasteiger partial charge on any atom is -0.486 e. The van der Waals surface area contributed by atoms with Crippen molar-refractivity contribution in [3.05, 3.63) is 48.3 Å². The third-order valence-electron chi connectivity index (χ3n) is 4.84. The van der Waals surface area contributed by atoms with Crippen LogP contribution in [0.15, 0.2) is 47.6 Å². The minimum absolute atomic E-state index is 0.182. The summed E-state index contributed by atoms with van der Waals surface area (Å²) in [6.45, 7) is 7.53. The number of ether oxygens (including phenoxy) is 2. The van der Waals surface area contributed by atoms with Crippen LogP contribution < -0.4 is 14.8 Å². The maximum Gasteiger partial charge on any atom is 0.237 e. The van der Waals surface area contributed by atoms with Crippen LogP contribution in [0.5, 0.6) is 11.5 Å². The molecule has 0 aliphatic carbocycles. The lowest BCUT2D eigenvalue weighted by molar-refractivity contribution is -0.115. The Morgan fingerprint density at radius 1 is 1.12 bits per heavy atom. The van der Waals surface area contributed by atoms with Crippen molar-refractivity contribution in [2.75, 3.05) is 18.5 Å². The van der Waals surface area contributed by atoms with Crippen LogP contribution in [0.3, 0.4) is 0 Å². The molecule has 2 aromatic carbocycles. The first-order valence-corrected chi connectivity index (χ1v) is 11.4. The van der Waals surface area contributed by atoms with Crippen molar-refractivity contribution in [3.63, 3.8) is 0 Å². The predicted molar refractivity (Wildman–Crippen MR) is 122 cm³/mol. The topological polar surface area (TPSA) is 78.3 Å². The van der Waals surface area contributed by atoms with Gasteiger partial charge in [0, 0.05) is 18.3 Å². The maximum atomic E-state index is 14.4. The van der Waals surface area contributed by atoms with Crippen LogP contribution in [0.25, 0.3) is 11.4 Å². The molecule has 0 bridgehead atoms. The Morgan fingerprint density at radius 2 is 1.88 bits per heavy atom. The van der Waals surface area contributed by atoms with Crippen LogP contribution in [0, 0.1) is 11.7 Å². The quantitative estimate of drug-likeness (QED) is 0.522. The maximum absolute atomic E-state index is 14.4. The molecular formula is C23H25FN4O3S. The molecule has 9 heteroatoms. The van der Waals surface area contributed by atoms with Crippen molar-refractivity contribution < 1.29 is 18.7 Å². The fraction of sp³-hybridized carbons (Fsp3) is 0.348. The van der Waals surface area contributed by atoms with Crippen molar-refractivity contribution in [1.82, 2.24) is 14.8 Å². The average molecular weight is 457 g/mol. The molecule has 1 aromatic heterocycles. The standard InChI is InChI=1S/C23H25FN4O3S/c1-14(2)13-28-21(17-6-4-5-7-18(17)24)26-27-23(28)32-15(3)22(29)25-16-8-9-19-20(12-16)31-11-10-30-19/h4-9,12,14-15H,10-11,13H2,1-3H3,(H,25,29). The smallest absolute Gasteiger partial charge is 0.237 e. The number of thioether (sulfide) groups is 1. The Kier molecular flexibility index (Phi) is 6.64. The summed E-state index contributed by atoms with van der Waals surface area (Å²) in [6, 6.07) is 11.8. The van der Waals surface area contributed by atoms with E-state index in [1.807, 2.05) is 4.57 Å². The summed E-state index contributed by atoms with van der Waals surface area (Å²) in [5.41, 5.74) is 1.02. The van der Waals surface area contributed by atoms with Gasteiger partial charge in [-0.2, -0.15) is 0 Å². The number of carbonyl (C=O) groups excluding carboxylic acids is 1. The summed E-state index contributed by atoms with van der Waals surface area (Å²) < 4.78 is 27.4. The van der Waals surface area contributed by atoms with Gasteiger partial charge in [-0.05, 0) is 37.1 Å². The van der Waals surface area contributed by atoms with Gasteiger partial charge in [-0.25, -0.2) is 4.39 Å². The molecule has 1 N–H and O–H groups in total. The molecule has 1 aliphatic rings. The van der Waals surface area contributed by atoms with Crippen molar-refractivity contribution >= 4 is 23.4 Å². The van der Waals surface area contributed by atoms with Crippen LogP contribution >= 0.6 is 11.8 Å². The lowest BCUT2D eigenvalue weighted by Gasteiger charge is -2.19. The van der Waals surface area contributed by atoms with Gasteiger partial charge in [-0.1, -0.05) is 37.7 Å². The SMILES string of the molecule is CC(C)Cn1c(SC(C)C(=O)Nc2ccc3c(c2)OCCO3)nnc1-c1ccccc1F. The number of halogens is 1. The highest BCUT2D eigenvalue weighted by molar-refractivity contribution is 8.00. The van der Waals surface area contributed by atoms with E-state index in [-0.39, 0.29) is 17.6 Å². The van der Waals surface area contributed by atoms with Crippen LogP contribution in [0.2, 0.25) is 0 Å². The molecule has 0 saturated carbocycles. The summed E-state index contributed by atoms with van der Waals surface area (Å²) >= 11 is 1.29. The van der Waals surface area contributed by atoms with Gasteiger partial charge in [0.15, 0.2) is 22.5 Å². The summed E-state index contributed by atoms with van der Waals surface area (Å²) in [4.78, 5) is 12.8. The van der Waals surface area contributed by atoms with Crippen molar-refractivity contribution in [2.24, 2.45) is 5.92 Å². The number of fused-ring (bicyclic) bond motifs is 1. The van der Waals surface area contributed by atoms with Gasteiger partial charge in [0.1, 0.15) is 19.0 Å². The van der Waals surface area contributed by atoms with Gasteiger partial charge in [0.25, 0.3) is 0 Å². The zero-order valence-corrected chi connectivity index (χ0v) is 19.0. The van der Waals surface area contributed by atoms with E-state index in [0.29, 0.717) is 53.5 Å². The van der Waals surface area contributed by atoms with Crippen LogP contribution in [0.1, 0.15) is 20.8 Å². The number of carbonyl (C=O) groups is 1. The van der Waals surface area contributed by atoms with E-state index in [2.05, 4.69) is 29.4 Å². The molecule has 0 saturated heterocycles. The summed E-state index contributed by atoms with van der Waals surface area (Å²) in [5, 5.41) is 11.5. The molecule has 0 spiro atoms. The molecule has 32 heavy (non-hydrogen) atoms. The Labute approximate surface area is 190 Å². The highest BCUT2D eigenvalue weighted by atomic mass is 32.2. The van der Waals surface area contributed by atoms with Crippen molar-refractivity contribution in [3.8, 4) is 22.9 Å². The molecule has 1 aliphatic heterocycles. The fourth-order valence-electron chi connectivity index (χ4n) is 3.32. The van der Waals surface area contributed by atoms with Crippen LogP contribution in [0.4, 0.5) is 10.1 Å². The Balaban J connectivity index is 1.51. The first-order valence-electron chi connectivity index (χ1n) is 10.5. The zero-order valence-electron chi connectivity index (χ0n) is 18.2. The van der Waals surface area contributed by atoms with Crippen molar-refractivity contribution in [2.45, 2.75) is 37.7 Å². The van der Waals surface area contributed by atoms with Gasteiger partial charge in [-0.15, -0.1) is 10.2 Å². The lowest BCUT2D eigenvalue weighted by Crippen LogP contribution is -2.23. The second kappa shape index (κ2) is 9.60. The number of nitrogens with zero attached hydrogens (tertiary/aromatic N) is 3. The number of hydrogen-bond acceptors (Lipinski definition) is 6.